The highest BCUT2D eigenvalue weighted by Crippen LogP contribution is 2.49. The average molecular weight is 527 g/mol. The van der Waals surface area contributed by atoms with E-state index in [4.69, 9.17) is 4.42 Å². The Morgan fingerprint density at radius 3 is 1.73 bits per heavy atom. The van der Waals surface area contributed by atoms with Crippen LogP contribution in [0.25, 0.3) is 86.6 Å². The summed E-state index contributed by atoms with van der Waals surface area (Å²) in [6.45, 7) is 0. The van der Waals surface area contributed by atoms with Crippen LogP contribution in [0, 0.1) is 0 Å². The molecule has 2 heterocycles. The van der Waals surface area contributed by atoms with E-state index in [1.54, 1.807) is 0 Å². The molecule has 2 heteroatoms. The van der Waals surface area contributed by atoms with Crippen LogP contribution in [0.3, 0.4) is 0 Å². The Morgan fingerprint density at radius 2 is 1.00 bits per heavy atom. The zero-order valence-corrected chi connectivity index (χ0v) is 22.3. The van der Waals surface area contributed by atoms with Crippen LogP contribution in [0.2, 0.25) is 0 Å². The van der Waals surface area contributed by atoms with Crippen molar-refractivity contribution in [1.29, 1.82) is 0 Å². The van der Waals surface area contributed by atoms with Gasteiger partial charge in [0.15, 0.2) is 0 Å². The van der Waals surface area contributed by atoms with Crippen LogP contribution in [0.4, 0.5) is 0 Å². The van der Waals surface area contributed by atoms with Gasteiger partial charge in [-0.25, -0.2) is 0 Å². The molecule has 0 atom stereocenters. The molecule has 9 aromatic rings. The van der Waals surface area contributed by atoms with Crippen molar-refractivity contribution in [2.75, 3.05) is 0 Å². The Kier molecular flexibility index (Phi) is 4.55. The van der Waals surface area contributed by atoms with E-state index in [1.165, 1.54) is 75.4 Å². The van der Waals surface area contributed by atoms with Crippen molar-refractivity contribution < 1.29 is 4.42 Å². The van der Waals surface area contributed by atoms with Crippen molar-refractivity contribution in [3.63, 3.8) is 0 Å². The Balaban J connectivity index is 1.48. The van der Waals surface area contributed by atoms with Gasteiger partial charge in [0.05, 0.1) is 0 Å². The van der Waals surface area contributed by atoms with Crippen LogP contribution in [-0.2, 0) is 0 Å². The molecule has 0 fully saturated rings. The third-order valence-corrected chi connectivity index (χ3v) is 9.28. The second kappa shape index (κ2) is 8.29. The van der Waals surface area contributed by atoms with Gasteiger partial charge in [0.2, 0.25) is 0 Å². The van der Waals surface area contributed by atoms with Gasteiger partial charge < -0.3 is 4.42 Å². The van der Waals surface area contributed by atoms with Crippen molar-refractivity contribution in [3.8, 4) is 22.3 Å². The van der Waals surface area contributed by atoms with Gasteiger partial charge in [-0.3, -0.25) is 0 Å². The highest BCUT2D eigenvalue weighted by Gasteiger charge is 2.21. The van der Waals surface area contributed by atoms with Gasteiger partial charge >= 0.3 is 0 Å². The van der Waals surface area contributed by atoms with Gasteiger partial charge in [0.1, 0.15) is 11.2 Å². The molecule has 2 aromatic heterocycles. The van der Waals surface area contributed by atoms with Crippen LogP contribution >= 0.6 is 11.3 Å². The normalized spacial score (nSPS) is 12.0. The maximum absolute atomic E-state index is 6.46. The molecule has 0 aliphatic rings. The number of benzene rings is 7. The van der Waals surface area contributed by atoms with Crippen LogP contribution in [0.1, 0.15) is 0 Å². The first-order valence-electron chi connectivity index (χ1n) is 13.6. The zero-order chi connectivity index (χ0) is 26.2. The lowest BCUT2D eigenvalue weighted by atomic mass is 9.84. The van der Waals surface area contributed by atoms with Crippen LogP contribution in [0.15, 0.2) is 137 Å². The molecular formula is C38H22OS. The fourth-order valence-electron chi connectivity index (χ4n) is 6.69. The van der Waals surface area contributed by atoms with Crippen molar-refractivity contribution >= 4 is 75.7 Å². The smallest absolute Gasteiger partial charge is 0.136 e. The molecule has 7 aromatic carbocycles. The Labute approximate surface area is 234 Å². The number of para-hydroxylation sites is 1. The Morgan fingerprint density at radius 1 is 0.425 bits per heavy atom. The zero-order valence-electron chi connectivity index (χ0n) is 21.5. The topological polar surface area (TPSA) is 13.1 Å². The molecule has 0 aliphatic carbocycles. The molecule has 0 bridgehead atoms. The summed E-state index contributed by atoms with van der Waals surface area (Å²) in [5.41, 5.74) is 6.93. The lowest BCUT2D eigenvalue weighted by molar-refractivity contribution is 0.669. The average Bonchev–Trinajstić information content (AvgIpc) is 3.64. The molecule has 1 nitrogen and oxygen atoms in total. The van der Waals surface area contributed by atoms with Gasteiger partial charge in [-0.1, -0.05) is 109 Å². The van der Waals surface area contributed by atoms with Crippen LogP contribution < -0.4 is 0 Å². The standard InChI is InChI=1S/C38H22OS/c1-2-12-24-23(10-1)11-9-18-25(24)35-26-13-3-5-15-28(26)36(29-16-6-4-14-27(29)35)32-22-34-37(31-20-21-40-38(31)32)30-17-7-8-19-33(30)39-34/h1-22H. The van der Waals surface area contributed by atoms with E-state index >= 15 is 0 Å². The van der Waals surface area contributed by atoms with Crippen molar-refractivity contribution in [3.05, 3.63) is 133 Å². The molecule has 0 aliphatic heterocycles. The molecule has 40 heavy (non-hydrogen) atoms. The van der Waals surface area contributed by atoms with Gasteiger partial charge in [0, 0.05) is 26.4 Å². The summed E-state index contributed by atoms with van der Waals surface area (Å²) in [6, 6.07) is 46.1. The van der Waals surface area contributed by atoms with E-state index in [-0.39, 0.29) is 0 Å². The maximum atomic E-state index is 6.46. The number of hydrogen-bond donors (Lipinski definition) is 0. The molecule has 0 saturated carbocycles. The summed E-state index contributed by atoms with van der Waals surface area (Å²) in [7, 11) is 0. The monoisotopic (exact) mass is 526 g/mol. The first-order valence-corrected chi connectivity index (χ1v) is 14.5. The number of furan rings is 1. The molecular weight excluding hydrogens is 504 g/mol. The molecule has 0 radical (unpaired) electrons. The molecule has 0 saturated heterocycles. The Hall–Kier alpha value is -4.92. The van der Waals surface area contributed by atoms with Gasteiger partial charge in [-0.2, -0.15) is 0 Å². The SMILES string of the molecule is c1ccc2c(-c3c4ccccc4c(-c4cc5oc6ccccc6c5c5ccsc45)c4ccccc34)cccc2c1. The fourth-order valence-corrected chi connectivity index (χ4v) is 7.62. The third-order valence-electron chi connectivity index (χ3n) is 8.34. The molecule has 0 amide bonds. The highest BCUT2D eigenvalue weighted by atomic mass is 32.1. The molecule has 0 unspecified atom stereocenters. The van der Waals surface area contributed by atoms with E-state index in [9.17, 15) is 0 Å². The van der Waals surface area contributed by atoms with Crippen LogP contribution in [-0.4, -0.2) is 0 Å². The molecule has 186 valence electrons. The minimum Gasteiger partial charge on any atom is -0.456 e. The van der Waals surface area contributed by atoms with Crippen molar-refractivity contribution in [2.24, 2.45) is 0 Å². The lowest BCUT2D eigenvalue weighted by Gasteiger charge is -2.19. The van der Waals surface area contributed by atoms with E-state index in [1.807, 2.05) is 17.4 Å². The molecule has 0 N–H and O–H groups in total. The summed E-state index contributed by atoms with van der Waals surface area (Å²) in [5, 5.41) is 13.4. The number of hydrogen-bond acceptors (Lipinski definition) is 2. The second-order valence-electron chi connectivity index (χ2n) is 10.4. The quantitative estimate of drug-likeness (QED) is 0.204. The fraction of sp³-hybridized carbons (Fsp3) is 0. The van der Waals surface area contributed by atoms with Gasteiger partial charge in [-0.15, -0.1) is 11.3 Å². The Bertz CT molecular complexity index is 2380. The van der Waals surface area contributed by atoms with Crippen molar-refractivity contribution in [1.82, 2.24) is 0 Å². The first kappa shape index (κ1) is 22.0. The third kappa shape index (κ3) is 2.97. The second-order valence-corrected chi connectivity index (χ2v) is 11.3. The number of fused-ring (bicyclic) bond motifs is 8. The van der Waals surface area contributed by atoms with E-state index < -0.39 is 0 Å². The molecule has 0 spiro atoms. The van der Waals surface area contributed by atoms with E-state index in [0.717, 1.165) is 11.2 Å². The number of rotatable bonds is 2. The van der Waals surface area contributed by atoms with Crippen LogP contribution in [0.5, 0.6) is 0 Å². The molecule has 9 rings (SSSR count). The first-order chi connectivity index (χ1) is 19.9. The maximum Gasteiger partial charge on any atom is 0.136 e. The summed E-state index contributed by atoms with van der Waals surface area (Å²) in [4.78, 5) is 0. The summed E-state index contributed by atoms with van der Waals surface area (Å²) >= 11 is 1.81. The highest BCUT2D eigenvalue weighted by molar-refractivity contribution is 7.18. The minimum absolute atomic E-state index is 0.933. The largest absolute Gasteiger partial charge is 0.456 e. The predicted molar refractivity (Wildman–Crippen MR) is 172 cm³/mol. The predicted octanol–water partition coefficient (Wildman–Crippen LogP) is 11.6. The summed E-state index contributed by atoms with van der Waals surface area (Å²) in [5.74, 6) is 0. The summed E-state index contributed by atoms with van der Waals surface area (Å²) in [6.07, 6.45) is 0. The lowest BCUT2D eigenvalue weighted by Crippen LogP contribution is -1.92. The van der Waals surface area contributed by atoms with E-state index in [2.05, 4.69) is 127 Å². The van der Waals surface area contributed by atoms with Gasteiger partial charge in [0.25, 0.3) is 0 Å². The summed E-state index contributed by atoms with van der Waals surface area (Å²) < 4.78 is 7.76. The van der Waals surface area contributed by atoms with E-state index in [0.29, 0.717) is 0 Å². The minimum atomic E-state index is 0.933. The van der Waals surface area contributed by atoms with Crippen molar-refractivity contribution in [2.45, 2.75) is 0 Å². The number of thiophene rings is 1. The van der Waals surface area contributed by atoms with Gasteiger partial charge in [-0.05, 0) is 72.6 Å².